The molecule has 1 heteroatoms. The van der Waals surface area contributed by atoms with E-state index in [1.165, 1.54) is 5.56 Å². The van der Waals surface area contributed by atoms with Gasteiger partial charge in [-0.15, -0.1) is 0 Å². The van der Waals surface area contributed by atoms with E-state index in [0.717, 1.165) is 17.7 Å². The Hall–Kier alpha value is -2.15. The van der Waals surface area contributed by atoms with Crippen molar-refractivity contribution in [2.75, 3.05) is 0 Å². The number of aromatic nitrogens is 1. The Kier molecular flexibility index (Phi) is 3.51. The van der Waals surface area contributed by atoms with Gasteiger partial charge in [0.15, 0.2) is 18.9 Å². The van der Waals surface area contributed by atoms with Crippen LogP contribution in [0.25, 0.3) is 12.2 Å². The lowest BCUT2D eigenvalue weighted by Gasteiger charge is -1.99. The van der Waals surface area contributed by atoms with Crippen LogP contribution in [0.4, 0.5) is 0 Å². The minimum Gasteiger partial charge on any atom is -0.201 e. The molecule has 0 radical (unpaired) electrons. The average molecular weight is 222 g/mol. The summed E-state index contributed by atoms with van der Waals surface area (Å²) in [6.07, 6.45) is 7.84. The van der Waals surface area contributed by atoms with Crippen molar-refractivity contribution in [3.05, 3.63) is 78.6 Å². The number of hydrogen-bond donors (Lipinski definition) is 0. The predicted octanol–water partition coefficient (Wildman–Crippen LogP) is 3.31. The number of hydrogen-bond acceptors (Lipinski definition) is 0. The molecule has 0 saturated carbocycles. The molecule has 0 aliphatic rings. The SMILES string of the molecule is C=Cc1ccc(C[n+]2ccc(C=C)cc2)cc1. The van der Waals surface area contributed by atoms with Crippen molar-refractivity contribution in [3.8, 4) is 0 Å². The lowest BCUT2D eigenvalue weighted by atomic mass is 10.1. The minimum absolute atomic E-state index is 0.884. The highest BCUT2D eigenvalue weighted by atomic mass is 14.9. The van der Waals surface area contributed by atoms with Gasteiger partial charge in [0.25, 0.3) is 0 Å². The van der Waals surface area contributed by atoms with E-state index in [9.17, 15) is 0 Å². The summed E-state index contributed by atoms with van der Waals surface area (Å²) in [5.74, 6) is 0. The minimum atomic E-state index is 0.884. The van der Waals surface area contributed by atoms with E-state index in [1.807, 2.05) is 12.2 Å². The van der Waals surface area contributed by atoms with E-state index >= 15 is 0 Å². The van der Waals surface area contributed by atoms with E-state index in [2.05, 4.69) is 66.5 Å². The molecule has 1 nitrogen and oxygen atoms in total. The van der Waals surface area contributed by atoms with Gasteiger partial charge in [-0.3, -0.25) is 0 Å². The molecular weight excluding hydrogens is 206 g/mol. The summed E-state index contributed by atoms with van der Waals surface area (Å²) in [5.41, 5.74) is 3.58. The first-order chi connectivity index (χ1) is 8.31. The maximum Gasteiger partial charge on any atom is 0.173 e. The third-order valence-corrected chi connectivity index (χ3v) is 2.73. The van der Waals surface area contributed by atoms with E-state index in [0.29, 0.717) is 0 Å². The monoisotopic (exact) mass is 222 g/mol. The molecule has 0 saturated heterocycles. The van der Waals surface area contributed by atoms with Crippen LogP contribution >= 0.6 is 0 Å². The molecule has 0 aliphatic carbocycles. The standard InChI is InChI=1S/C16H16N/c1-3-14-5-7-16(8-6-14)13-17-11-9-15(4-2)10-12-17/h3-12H,1-2,13H2/q+1. The quantitative estimate of drug-likeness (QED) is 0.699. The van der Waals surface area contributed by atoms with Crippen LogP contribution in [0.2, 0.25) is 0 Å². The van der Waals surface area contributed by atoms with Crippen molar-refractivity contribution in [2.24, 2.45) is 0 Å². The molecule has 1 aromatic heterocycles. The van der Waals surface area contributed by atoms with Crippen LogP contribution in [0.3, 0.4) is 0 Å². The summed E-state index contributed by atoms with van der Waals surface area (Å²) in [7, 11) is 0. The second kappa shape index (κ2) is 5.26. The van der Waals surface area contributed by atoms with Crippen molar-refractivity contribution >= 4 is 12.2 Å². The van der Waals surface area contributed by atoms with E-state index < -0.39 is 0 Å². The fourth-order valence-corrected chi connectivity index (χ4v) is 1.68. The maximum absolute atomic E-state index is 3.75. The molecule has 0 fully saturated rings. The first kappa shape index (κ1) is 11.3. The van der Waals surface area contributed by atoms with E-state index in [1.54, 1.807) is 0 Å². The van der Waals surface area contributed by atoms with Crippen LogP contribution in [-0.4, -0.2) is 0 Å². The topological polar surface area (TPSA) is 3.88 Å². The molecule has 0 unspecified atom stereocenters. The Morgan fingerprint density at radius 1 is 0.824 bits per heavy atom. The smallest absolute Gasteiger partial charge is 0.173 e. The third-order valence-electron chi connectivity index (χ3n) is 2.73. The van der Waals surface area contributed by atoms with Gasteiger partial charge >= 0.3 is 0 Å². The molecule has 1 aromatic carbocycles. The van der Waals surface area contributed by atoms with Crippen LogP contribution in [0, 0.1) is 0 Å². The number of rotatable bonds is 4. The van der Waals surface area contributed by atoms with Crippen LogP contribution in [0.1, 0.15) is 16.7 Å². The summed E-state index contributed by atoms with van der Waals surface area (Å²) in [6, 6.07) is 12.6. The van der Waals surface area contributed by atoms with Gasteiger partial charge in [-0.2, -0.15) is 0 Å². The highest BCUT2D eigenvalue weighted by Crippen LogP contribution is 2.05. The zero-order chi connectivity index (χ0) is 12.1. The molecule has 17 heavy (non-hydrogen) atoms. The molecule has 0 amide bonds. The summed E-state index contributed by atoms with van der Waals surface area (Å²) in [6.45, 7) is 8.38. The summed E-state index contributed by atoms with van der Waals surface area (Å²) < 4.78 is 2.15. The molecule has 2 rings (SSSR count). The van der Waals surface area contributed by atoms with Gasteiger partial charge in [-0.1, -0.05) is 49.6 Å². The maximum atomic E-state index is 3.75. The molecular formula is C16H16N+. The first-order valence-corrected chi connectivity index (χ1v) is 5.65. The lowest BCUT2D eigenvalue weighted by Crippen LogP contribution is -2.33. The van der Waals surface area contributed by atoms with Gasteiger partial charge in [0.2, 0.25) is 0 Å². The van der Waals surface area contributed by atoms with E-state index in [-0.39, 0.29) is 0 Å². The van der Waals surface area contributed by atoms with Crippen LogP contribution in [0.15, 0.2) is 61.9 Å². The number of pyridine rings is 1. The second-order valence-electron chi connectivity index (χ2n) is 3.95. The summed E-state index contributed by atoms with van der Waals surface area (Å²) in [5, 5.41) is 0. The van der Waals surface area contributed by atoms with E-state index in [4.69, 9.17) is 0 Å². The molecule has 0 spiro atoms. The Morgan fingerprint density at radius 2 is 1.35 bits per heavy atom. The molecule has 0 bridgehead atoms. The molecule has 1 heterocycles. The highest BCUT2D eigenvalue weighted by molar-refractivity contribution is 5.47. The Labute approximate surface area is 102 Å². The fourth-order valence-electron chi connectivity index (χ4n) is 1.68. The Balaban J connectivity index is 2.13. The molecule has 0 atom stereocenters. The predicted molar refractivity (Wildman–Crippen MR) is 72.4 cm³/mol. The second-order valence-corrected chi connectivity index (χ2v) is 3.95. The van der Waals surface area contributed by atoms with Crippen molar-refractivity contribution in [2.45, 2.75) is 6.54 Å². The summed E-state index contributed by atoms with van der Waals surface area (Å²) >= 11 is 0. The van der Waals surface area contributed by atoms with Crippen LogP contribution in [-0.2, 0) is 6.54 Å². The van der Waals surface area contributed by atoms with Crippen molar-refractivity contribution in [1.29, 1.82) is 0 Å². The van der Waals surface area contributed by atoms with Gasteiger partial charge in [-0.05, 0) is 11.1 Å². The zero-order valence-electron chi connectivity index (χ0n) is 9.84. The van der Waals surface area contributed by atoms with Gasteiger partial charge < -0.3 is 0 Å². The lowest BCUT2D eigenvalue weighted by molar-refractivity contribution is -0.688. The van der Waals surface area contributed by atoms with Crippen molar-refractivity contribution < 1.29 is 4.57 Å². The van der Waals surface area contributed by atoms with Crippen molar-refractivity contribution in [1.82, 2.24) is 0 Å². The Morgan fingerprint density at radius 3 is 1.88 bits per heavy atom. The van der Waals surface area contributed by atoms with Crippen LogP contribution < -0.4 is 4.57 Å². The van der Waals surface area contributed by atoms with Crippen molar-refractivity contribution in [3.63, 3.8) is 0 Å². The molecule has 84 valence electrons. The molecule has 0 aliphatic heterocycles. The Bertz CT molecular complexity index is 457. The largest absolute Gasteiger partial charge is 0.201 e. The number of nitrogens with zero attached hydrogens (tertiary/aromatic N) is 1. The normalized spacial score (nSPS) is 9.88. The fraction of sp³-hybridized carbons (Fsp3) is 0.0625. The molecule has 2 aromatic rings. The zero-order valence-corrected chi connectivity index (χ0v) is 9.84. The first-order valence-electron chi connectivity index (χ1n) is 5.65. The number of benzene rings is 1. The van der Waals surface area contributed by atoms with Crippen LogP contribution in [0.5, 0.6) is 0 Å². The third kappa shape index (κ3) is 2.91. The van der Waals surface area contributed by atoms with Gasteiger partial charge in [0.05, 0.1) is 0 Å². The van der Waals surface area contributed by atoms with Gasteiger partial charge in [0, 0.05) is 17.7 Å². The molecule has 0 N–H and O–H groups in total. The summed E-state index contributed by atoms with van der Waals surface area (Å²) in [4.78, 5) is 0. The average Bonchev–Trinajstić information content (AvgIpc) is 2.40. The van der Waals surface area contributed by atoms with Gasteiger partial charge in [0.1, 0.15) is 0 Å². The highest BCUT2D eigenvalue weighted by Gasteiger charge is 2.01. The van der Waals surface area contributed by atoms with Gasteiger partial charge in [-0.25, -0.2) is 4.57 Å².